The smallest absolute Gasteiger partial charge is 0.217 e. The molecule has 2 rings (SSSR count). The van der Waals surface area contributed by atoms with Crippen LogP contribution in [0.1, 0.15) is 25.3 Å². The fourth-order valence-electron chi connectivity index (χ4n) is 2.70. The molecule has 1 aliphatic heterocycles. The normalized spacial score (nSPS) is 19.5. The first kappa shape index (κ1) is 13.9. The van der Waals surface area contributed by atoms with Gasteiger partial charge < -0.3 is 16.0 Å². The predicted molar refractivity (Wildman–Crippen MR) is 77.8 cm³/mol. The highest BCUT2D eigenvalue weighted by molar-refractivity contribution is 5.73. The van der Waals surface area contributed by atoms with Crippen LogP contribution in [-0.2, 0) is 11.2 Å². The van der Waals surface area contributed by atoms with Crippen LogP contribution in [0, 0.1) is 0 Å². The van der Waals surface area contributed by atoms with Crippen LogP contribution in [0.4, 0.5) is 5.69 Å². The molecule has 19 heavy (non-hydrogen) atoms. The fraction of sp³-hybridized carbons (Fsp3) is 0.533. The average molecular weight is 261 g/mol. The van der Waals surface area contributed by atoms with E-state index in [1.165, 1.54) is 5.56 Å². The van der Waals surface area contributed by atoms with Crippen molar-refractivity contribution < 1.29 is 4.79 Å². The van der Waals surface area contributed by atoms with Crippen molar-refractivity contribution in [2.24, 2.45) is 0 Å². The average Bonchev–Trinajstić information content (AvgIpc) is 2.76. The monoisotopic (exact) mass is 261 g/mol. The van der Waals surface area contributed by atoms with Crippen LogP contribution in [0.15, 0.2) is 24.3 Å². The number of nitrogens with two attached hydrogens (primary N) is 1. The van der Waals surface area contributed by atoms with Crippen molar-refractivity contribution in [2.45, 2.75) is 32.2 Å². The maximum Gasteiger partial charge on any atom is 0.217 e. The van der Waals surface area contributed by atoms with Gasteiger partial charge >= 0.3 is 0 Å². The molecule has 3 N–H and O–H groups in total. The number of amides is 1. The Bertz CT molecular complexity index is 433. The standard InChI is InChI=1S/C15H23N3O/c1-12(19)17-15-7-9-18(11-15)8-3-5-13-4-2-6-14(16)10-13/h2,4,6,10,15H,3,5,7-9,11,16H2,1H3,(H,17,19). The summed E-state index contributed by atoms with van der Waals surface area (Å²) >= 11 is 0. The summed E-state index contributed by atoms with van der Waals surface area (Å²) in [7, 11) is 0. The summed E-state index contributed by atoms with van der Waals surface area (Å²) in [6.07, 6.45) is 3.26. The Kier molecular flexibility index (Phi) is 4.80. The predicted octanol–water partition coefficient (Wildman–Crippen LogP) is 1.41. The van der Waals surface area contributed by atoms with Gasteiger partial charge in [0, 0.05) is 31.7 Å². The third-order valence-corrected chi connectivity index (χ3v) is 3.57. The zero-order valence-electron chi connectivity index (χ0n) is 11.6. The summed E-state index contributed by atoms with van der Waals surface area (Å²) in [6, 6.07) is 8.43. The number of benzene rings is 1. The molecule has 4 nitrogen and oxygen atoms in total. The molecule has 1 aliphatic rings. The molecular weight excluding hydrogens is 238 g/mol. The molecule has 1 aromatic carbocycles. The highest BCUT2D eigenvalue weighted by Crippen LogP contribution is 2.12. The molecule has 1 unspecified atom stereocenters. The van der Waals surface area contributed by atoms with Crippen LogP contribution < -0.4 is 11.1 Å². The highest BCUT2D eigenvalue weighted by Gasteiger charge is 2.22. The number of hydrogen-bond acceptors (Lipinski definition) is 3. The number of carbonyl (C=O) groups is 1. The summed E-state index contributed by atoms with van der Waals surface area (Å²) in [5.74, 6) is 0.0756. The summed E-state index contributed by atoms with van der Waals surface area (Å²) in [6.45, 7) is 4.74. The Morgan fingerprint density at radius 3 is 3.11 bits per heavy atom. The molecule has 0 bridgehead atoms. The van der Waals surface area contributed by atoms with Gasteiger partial charge in [-0.15, -0.1) is 0 Å². The molecule has 0 saturated carbocycles. The minimum absolute atomic E-state index is 0.0756. The number of likely N-dealkylation sites (tertiary alicyclic amines) is 1. The van der Waals surface area contributed by atoms with Crippen molar-refractivity contribution in [3.8, 4) is 0 Å². The van der Waals surface area contributed by atoms with E-state index < -0.39 is 0 Å². The van der Waals surface area contributed by atoms with Crippen molar-refractivity contribution in [3.05, 3.63) is 29.8 Å². The van der Waals surface area contributed by atoms with Crippen LogP contribution in [0.2, 0.25) is 0 Å². The van der Waals surface area contributed by atoms with Gasteiger partial charge in [0.15, 0.2) is 0 Å². The summed E-state index contributed by atoms with van der Waals surface area (Å²) < 4.78 is 0. The fourth-order valence-corrected chi connectivity index (χ4v) is 2.70. The lowest BCUT2D eigenvalue weighted by Crippen LogP contribution is -2.35. The molecule has 0 spiro atoms. The molecular formula is C15H23N3O. The zero-order valence-corrected chi connectivity index (χ0v) is 11.6. The van der Waals surface area contributed by atoms with E-state index in [4.69, 9.17) is 5.73 Å². The first-order chi connectivity index (χ1) is 9.13. The lowest BCUT2D eigenvalue weighted by atomic mass is 10.1. The third-order valence-electron chi connectivity index (χ3n) is 3.57. The molecule has 1 saturated heterocycles. The second-order valence-electron chi connectivity index (χ2n) is 5.34. The number of nitrogens with zero attached hydrogens (tertiary/aromatic N) is 1. The maximum absolute atomic E-state index is 11.0. The largest absolute Gasteiger partial charge is 0.399 e. The van der Waals surface area contributed by atoms with E-state index >= 15 is 0 Å². The van der Waals surface area contributed by atoms with Gasteiger partial charge in [-0.2, -0.15) is 0 Å². The number of nitrogens with one attached hydrogen (secondary N) is 1. The second-order valence-corrected chi connectivity index (χ2v) is 5.34. The molecule has 104 valence electrons. The number of carbonyl (C=O) groups excluding carboxylic acids is 1. The van der Waals surface area contributed by atoms with Gasteiger partial charge in [-0.3, -0.25) is 4.79 Å². The van der Waals surface area contributed by atoms with Gasteiger partial charge in [0.1, 0.15) is 0 Å². The van der Waals surface area contributed by atoms with Crippen molar-refractivity contribution in [3.63, 3.8) is 0 Å². The van der Waals surface area contributed by atoms with Crippen LogP contribution in [0.25, 0.3) is 0 Å². The molecule has 1 atom stereocenters. The quantitative estimate of drug-likeness (QED) is 0.788. The first-order valence-corrected chi connectivity index (χ1v) is 6.97. The van der Waals surface area contributed by atoms with Crippen LogP contribution in [-0.4, -0.2) is 36.5 Å². The molecule has 0 aliphatic carbocycles. The van der Waals surface area contributed by atoms with Crippen LogP contribution >= 0.6 is 0 Å². The second kappa shape index (κ2) is 6.57. The minimum Gasteiger partial charge on any atom is -0.399 e. The zero-order chi connectivity index (χ0) is 13.7. The Morgan fingerprint density at radius 1 is 1.53 bits per heavy atom. The Balaban J connectivity index is 1.68. The van der Waals surface area contributed by atoms with Crippen molar-refractivity contribution in [2.75, 3.05) is 25.4 Å². The van der Waals surface area contributed by atoms with E-state index in [0.29, 0.717) is 6.04 Å². The Morgan fingerprint density at radius 2 is 2.37 bits per heavy atom. The van der Waals surface area contributed by atoms with Crippen molar-refractivity contribution >= 4 is 11.6 Å². The summed E-state index contributed by atoms with van der Waals surface area (Å²) in [4.78, 5) is 13.4. The van der Waals surface area contributed by atoms with E-state index in [-0.39, 0.29) is 5.91 Å². The molecule has 0 aromatic heterocycles. The van der Waals surface area contributed by atoms with E-state index in [2.05, 4.69) is 16.3 Å². The van der Waals surface area contributed by atoms with Gasteiger partial charge in [-0.05, 0) is 43.5 Å². The lowest BCUT2D eigenvalue weighted by molar-refractivity contribution is -0.119. The highest BCUT2D eigenvalue weighted by atomic mass is 16.1. The van der Waals surface area contributed by atoms with E-state index in [1.54, 1.807) is 6.92 Å². The van der Waals surface area contributed by atoms with Crippen LogP contribution in [0.5, 0.6) is 0 Å². The Labute approximate surface area is 115 Å². The number of hydrogen-bond donors (Lipinski definition) is 2. The van der Waals surface area contributed by atoms with Gasteiger partial charge in [0.2, 0.25) is 5.91 Å². The van der Waals surface area contributed by atoms with E-state index in [9.17, 15) is 4.79 Å². The Hall–Kier alpha value is -1.55. The molecule has 0 radical (unpaired) electrons. The SMILES string of the molecule is CC(=O)NC1CCN(CCCc2cccc(N)c2)C1. The number of rotatable bonds is 5. The van der Waals surface area contributed by atoms with Crippen molar-refractivity contribution in [1.29, 1.82) is 0 Å². The molecule has 1 aromatic rings. The number of nitrogen functional groups attached to an aromatic ring is 1. The van der Waals surface area contributed by atoms with Gasteiger partial charge in [-0.1, -0.05) is 12.1 Å². The summed E-state index contributed by atoms with van der Waals surface area (Å²) in [5, 5.41) is 2.99. The number of aryl methyl sites for hydroxylation is 1. The molecule has 4 heteroatoms. The topological polar surface area (TPSA) is 58.4 Å². The molecule has 1 fully saturated rings. The summed E-state index contributed by atoms with van der Waals surface area (Å²) in [5.41, 5.74) is 7.91. The lowest BCUT2D eigenvalue weighted by Gasteiger charge is -2.16. The van der Waals surface area contributed by atoms with Gasteiger partial charge in [0.25, 0.3) is 0 Å². The van der Waals surface area contributed by atoms with Gasteiger partial charge in [-0.25, -0.2) is 0 Å². The maximum atomic E-state index is 11.0. The van der Waals surface area contributed by atoms with E-state index in [1.807, 2.05) is 18.2 Å². The molecule has 1 amide bonds. The minimum atomic E-state index is 0.0756. The van der Waals surface area contributed by atoms with Crippen molar-refractivity contribution in [1.82, 2.24) is 10.2 Å². The van der Waals surface area contributed by atoms with Gasteiger partial charge in [0.05, 0.1) is 0 Å². The first-order valence-electron chi connectivity index (χ1n) is 6.97. The molecule has 1 heterocycles. The third kappa shape index (κ3) is 4.56. The van der Waals surface area contributed by atoms with E-state index in [0.717, 1.165) is 44.6 Å². The number of anilines is 1. The van der Waals surface area contributed by atoms with Crippen LogP contribution in [0.3, 0.4) is 0 Å².